The van der Waals surface area contributed by atoms with Gasteiger partial charge in [0.25, 0.3) is 5.91 Å². The Balaban J connectivity index is 2.11. The zero-order valence-electron chi connectivity index (χ0n) is 11.8. The Labute approximate surface area is 119 Å². The summed E-state index contributed by atoms with van der Waals surface area (Å²) in [5.41, 5.74) is 6.04. The summed E-state index contributed by atoms with van der Waals surface area (Å²) < 4.78 is 4.99. The molecule has 0 bridgehead atoms. The van der Waals surface area contributed by atoms with Crippen molar-refractivity contribution in [3.63, 3.8) is 0 Å². The summed E-state index contributed by atoms with van der Waals surface area (Å²) in [7, 11) is 1.49. The largest absolute Gasteiger partial charge is 0.504 e. The number of likely N-dealkylation sites (tertiary alicyclic amines) is 1. The van der Waals surface area contributed by atoms with Crippen LogP contribution in [0.15, 0.2) is 18.2 Å². The first-order valence-electron chi connectivity index (χ1n) is 7.05. The maximum Gasteiger partial charge on any atom is 0.254 e. The van der Waals surface area contributed by atoms with Crippen LogP contribution in [-0.4, -0.2) is 42.2 Å². The van der Waals surface area contributed by atoms with Crippen LogP contribution in [0.4, 0.5) is 0 Å². The van der Waals surface area contributed by atoms with Gasteiger partial charge in [-0.3, -0.25) is 4.79 Å². The fraction of sp³-hybridized carbons (Fsp3) is 0.533. The highest BCUT2D eigenvalue weighted by Crippen LogP contribution is 2.29. The van der Waals surface area contributed by atoms with E-state index in [1.54, 1.807) is 12.1 Å². The number of phenols is 1. The van der Waals surface area contributed by atoms with Crippen molar-refractivity contribution < 1.29 is 14.6 Å². The van der Waals surface area contributed by atoms with E-state index >= 15 is 0 Å². The monoisotopic (exact) mass is 278 g/mol. The van der Waals surface area contributed by atoms with Gasteiger partial charge in [0.05, 0.1) is 7.11 Å². The van der Waals surface area contributed by atoms with Gasteiger partial charge in [0.15, 0.2) is 11.5 Å². The minimum Gasteiger partial charge on any atom is -0.504 e. The van der Waals surface area contributed by atoms with Gasteiger partial charge in [-0.05, 0) is 50.4 Å². The standard InChI is InChI=1S/C15H22N2O3/c1-20-14-7-6-11(10-13(14)18)15(19)17-9-3-5-12(17)4-2-8-16/h6-7,10,12,18H,2-5,8-9,16H2,1H3. The Morgan fingerprint density at radius 1 is 1.55 bits per heavy atom. The van der Waals surface area contributed by atoms with Crippen LogP contribution in [0.1, 0.15) is 36.0 Å². The van der Waals surface area contributed by atoms with Crippen LogP contribution in [-0.2, 0) is 0 Å². The van der Waals surface area contributed by atoms with Crippen LogP contribution < -0.4 is 10.5 Å². The van der Waals surface area contributed by atoms with Gasteiger partial charge in [-0.15, -0.1) is 0 Å². The third-order valence-electron chi connectivity index (χ3n) is 3.81. The summed E-state index contributed by atoms with van der Waals surface area (Å²) in [6, 6.07) is 5.06. The quantitative estimate of drug-likeness (QED) is 0.860. The lowest BCUT2D eigenvalue weighted by Crippen LogP contribution is -2.35. The summed E-state index contributed by atoms with van der Waals surface area (Å²) in [6.07, 6.45) is 3.95. The number of aromatic hydroxyl groups is 1. The zero-order valence-corrected chi connectivity index (χ0v) is 11.8. The second-order valence-corrected chi connectivity index (χ2v) is 5.11. The number of phenolic OH excluding ortho intramolecular Hbond substituents is 1. The van der Waals surface area contributed by atoms with Gasteiger partial charge in [0.2, 0.25) is 0 Å². The number of hydrogen-bond donors (Lipinski definition) is 2. The lowest BCUT2D eigenvalue weighted by atomic mass is 10.1. The molecule has 0 aliphatic carbocycles. The molecule has 1 aromatic carbocycles. The van der Waals surface area contributed by atoms with Crippen LogP contribution in [0.3, 0.4) is 0 Å². The van der Waals surface area contributed by atoms with Gasteiger partial charge in [-0.1, -0.05) is 0 Å². The molecular formula is C15H22N2O3. The Bertz CT molecular complexity index is 476. The molecule has 0 saturated carbocycles. The third kappa shape index (κ3) is 3.04. The molecule has 110 valence electrons. The molecule has 5 nitrogen and oxygen atoms in total. The molecule has 1 heterocycles. The van der Waals surface area contributed by atoms with Gasteiger partial charge in [-0.25, -0.2) is 0 Å². The second kappa shape index (κ2) is 6.61. The van der Waals surface area contributed by atoms with Gasteiger partial charge < -0.3 is 20.5 Å². The number of rotatable bonds is 5. The molecular weight excluding hydrogens is 256 g/mol. The average Bonchev–Trinajstić information content (AvgIpc) is 2.92. The molecule has 1 unspecified atom stereocenters. The topological polar surface area (TPSA) is 75.8 Å². The number of amides is 1. The lowest BCUT2D eigenvalue weighted by Gasteiger charge is -2.25. The predicted octanol–water partition coefficient (Wildman–Crippen LogP) is 1.74. The Kier molecular flexibility index (Phi) is 4.84. The summed E-state index contributed by atoms with van der Waals surface area (Å²) >= 11 is 0. The van der Waals surface area contributed by atoms with Gasteiger partial charge >= 0.3 is 0 Å². The van der Waals surface area contributed by atoms with Crippen molar-refractivity contribution in [2.24, 2.45) is 5.73 Å². The van der Waals surface area contributed by atoms with Crippen LogP contribution >= 0.6 is 0 Å². The number of carbonyl (C=O) groups excluding carboxylic acids is 1. The van der Waals surface area contributed by atoms with Crippen LogP contribution in [0.5, 0.6) is 11.5 Å². The molecule has 1 amide bonds. The maximum absolute atomic E-state index is 12.5. The number of ether oxygens (including phenoxy) is 1. The summed E-state index contributed by atoms with van der Waals surface area (Å²) in [5, 5.41) is 9.78. The molecule has 1 aromatic rings. The second-order valence-electron chi connectivity index (χ2n) is 5.11. The molecule has 0 aromatic heterocycles. The van der Waals surface area contributed by atoms with E-state index in [2.05, 4.69) is 0 Å². The number of nitrogens with zero attached hydrogens (tertiary/aromatic N) is 1. The molecule has 1 saturated heterocycles. The van der Waals surface area contributed by atoms with Gasteiger partial charge in [0.1, 0.15) is 0 Å². The number of methoxy groups -OCH3 is 1. The van der Waals surface area contributed by atoms with E-state index in [-0.39, 0.29) is 17.7 Å². The van der Waals surface area contributed by atoms with Crippen LogP contribution in [0.25, 0.3) is 0 Å². The van der Waals surface area contributed by atoms with E-state index in [9.17, 15) is 9.90 Å². The number of carbonyl (C=O) groups is 1. The first-order chi connectivity index (χ1) is 9.67. The van der Waals surface area contributed by atoms with Crippen molar-refractivity contribution in [3.8, 4) is 11.5 Å². The van der Waals surface area contributed by atoms with Crippen molar-refractivity contribution in [1.82, 2.24) is 4.90 Å². The highest BCUT2D eigenvalue weighted by Gasteiger charge is 2.29. The van der Waals surface area contributed by atoms with E-state index < -0.39 is 0 Å². The van der Waals surface area contributed by atoms with E-state index in [4.69, 9.17) is 10.5 Å². The molecule has 0 radical (unpaired) electrons. The Hall–Kier alpha value is -1.75. The highest BCUT2D eigenvalue weighted by atomic mass is 16.5. The zero-order chi connectivity index (χ0) is 14.5. The third-order valence-corrected chi connectivity index (χ3v) is 3.81. The van der Waals surface area contributed by atoms with Crippen LogP contribution in [0, 0.1) is 0 Å². The van der Waals surface area contributed by atoms with Crippen LogP contribution in [0.2, 0.25) is 0 Å². The molecule has 1 aliphatic heterocycles. The number of nitrogens with two attached hydrogens (primary N) is 1. The molecule has 2 rings (SSSR count). The molecule has 1 atom stereocenters. The first kappa shape index (κ1) is 14.7. The van der Waals surface area contributed by atoms with E-state index in [1.807, 2.05) is 4.90 Å². The maximum atomic E-state index is 12.5. The lowest BCUT2D eigenvalue weighted by molar-refractivity contribution is 0.0729. The van der Waals surface area contributed by atoms with Gasteiger partial charge in [-0.2, -0.15) is 0 Å². The minimum absolute atomic E-state index is 0.00365. The fourth-order valence-electron chi connectivity index (χ4n) is 2.75. The molecule has 1 aliphatic rings. The van der Waals surface area contributed by atoms with E-state index in [0.717, 1.165) is 32.2 Å². The average molecular weight is 278 g/mol. The molecule has 0 spiro atoms. The fourth-order valence-corrected chi connectivity index (χ4v) is 2.75. The summed E-state index contributed by atoms with van der Waals surface area (Å²) in [4.78, 5) is 14.4. The molecule has 20 heavy (non-hydrogen) atoms. The Morgan fingerprint density at radius 3 is 3.00 bits per heavy atom. The number of benzene rings is 1. The molecule has 1 fully saturated rings. The van der Waals surface area contributed by atoms with Crippen molar-refractivity contribution in [1.29, 1.82) is 0 Å². The highest BCUT2D eigenvalue weighted by molar-refractivity contribution is 5.95. The smallest absolute Gasteiger partial charge is 0.254 e. The van der Waals surface area contributed by atoms with Crippen molar-refractivity contribution in [2.75, 3.05) is 20.2 Å². The summed E-state index contributed by atoms with van der Waals surface area (Å²) in [6.45, 7) is 1.43. The van der Waals surface area contributed by atoms with Crippen molar-refractivity contribution in [2.45, 2.75) is 31.7 Å². The van der Waals surface area contributed by atoms with E-state index in [1.165, 1.54) is 13.2 Å². The number of hydrogen-bond acceptors (Lipinski definition) is 4. The van der Waals surface area contributed by atoms with E-state index in [0.29, 0.717) is 17.9 Å². The normalized spacial score (nSPS) is 18.3. The molecule has 3 N–H and O–H groups in total. The summed E-state index contributed by atoms with van der Waals surface area (Å²) in [5.74, 6) is 0.348. The molecule has 5 heteroatoms. The van der Waals surface area contributed by atoms with Crippen molar-refractivity contribution >= 4 is 5.91 Å². The predicted molar refractivity (Wildman–Crippen MR) is 77.0 cm³/mol. The first-order valence-corrected chi connectivity index (χ1v) is 7.05. The van der Waals surface area contributed by atoms with Crippen molar-refractivity contribution in [3.05, 3.63) is 23.8 Å². The van der Waals surface area contributed by atoms with Gasteiger partial charge in [0, 0.05) is 18.2 Å². The SMILES string of the molecule is COc1ccc(C(=O)N2CCCC2CCCN)cc1O. The minimum atomic E-state index is -0.0255. The Morgan fingerprint density at radius 2 is 2.35 bits per heavy atom.